The fraction of sp³-hybridized carbons (Fsp3) is 0.300. The van der Waals surface area contributed by atoms with Crippen molar-refractivity contribution in [2.75, 3.05) is 31.1 Å². The van der Waals surface area contributed by atoms with Gasteiger partial charge < -0.3 is 0 Å². The van der Waals surface area contributed by atoms with E-state index in [2.05, 4.69) is 0 Å². The van der Waals surface area contributed by atoms with E-state index in [-0.39, 0.29) is 30.1 Å². The Labute approximate surface area is 178 Å². The van der Waals surface area contributed by atoms with Gasteiger partial charge in [0.05, 0.1) is 23.0 Å². The Kier molecular flexibility index (Phi) is 5.63. The smallest absolute Gasteiger partial charge is 0.251 e. The molecule has 1 atom stereocenters. The van der Waals surface area contributed by atoms with E-state index in [1.807, 2.05) is 0 Å². The van der Waals surface area contributed by atoms with Crippen molar-refractivity contribution in [2.24, 2.45) is 0 Å². The van der Waals surface area contributed by atoms with Crippen molar-refractivity contribution in [1.82, 2.24) is 9.21 Å². The highest BCUT2D eigenvalue weighted by Gasteiger charge is 2.44. The maximum Gasteiger partial charge on any atom is 0.251 e. The molecule has 0 aliphatic carbocycles. The highest BCUT2D eigenvalue weighted by atomic mass is 35.5. The molecule has 2 heterocycles. The van der Waals surface area contributed by atoms with Gasteiger partial charge in [-0.25, -0.2) is 17.7 Å². The summed E-state index contributed by atoms with van der Waals surface area (Å²) >= 11 is 5.83. The minimum atomic E-state index is -3.67. The molecule has 0 bridgehead atoms. The van der Waals surface area contributed by atoms with E-state index in [0.717, 1.165) is 4.90 Å². The number of imide groups is 1. The van der Waals surface area contributed by atoms with Crippen molar-refractivity contribution in [3.63, 3.8) is 0 Å². The molecule has 0 radical (unpaired) electrons. The standard InChI is InChI=1S/C20H19ClFN3O4S/c21-14-5-7-15(8-6-14)30(28,29)24-11-9-23(10-12-24)18-13-19(26)25(20(18)27)17-4-2-1-3-16(17)22/h1-8,18H,9-13H2. The first-order valence-electron chi connectivity index (χ1n) is 9.40. The number of carbonyl (C=O) groups excluding carboxylic acids is 2. The van der Waals surface area contributed by atoms with Gasteiger partial charge in [-0.3, -0.25) is 14.5 Å². The van der Waals surface area contributed by atoms with E-state index < -0.39 is 33.7 Å². The number of hydrogen-bond acceptors (Lipinski definition) is 5. The first-order chi connectivity index (χ1) is 14.3. The summed E-state index contributed by atoms with van der Waals surface area (Å²) in [4.78, 5) is 28.1. The van der Waals surface area contributed by atoms with Crippen molar-refractivity contribution < 1.29 is 22.4 Å². The lowest BCUT2D eigenvalue weighted by Crippen LogP contribution is -2.53. The molecule has 2 amide bonds. The average molecular weight is 452 g/mol. The molecule has 2 aromatic rings. The number of sulfonamides is 1. The van der Waals surface area contributed by atoms with Gasteiger partial charge in [-0.2, -0.15) is 4.31 Å². The number of nitrogens with zero attached hydrogens (tertiary/aromatic N) is 3. The second-order valence-corrected chi connectivity index (χ2v) is 9.51. The van der Waals surface area contributed by atoms with Crippen molar-refractivity contribution in [1.29, 1.82) is 0 Å². The SMILES string of the molecule is O=C1CC(N2CCN(S(=O)(=O)c3ccc(Cl)cc3)CC2)C(=O)N1c1ccccc1F. The third-order valence-electron chi connectivity index (χ3n) is 5.38. The maximum atomic E-state index is 14.1. The van der Waals surface area contributed by atoms with Gasteiger partial charge in [0.15, 0.2) is 0 Å². The highest BCUT2D eigenvalue weighted by Crippen LogP contribution is 2.29. The topological polar surface area (TPSA) is 78.0 Å². The molecule has 4 rings (SSSR count). The van der Waals surface area contributed by atoms with E-state index >= 15 is 0 Å². The van der Waals surface area contributed by atoms with E-state index in [9.17, 15) is 22.4 Å². The Morgan fingerprint density at radius 2 is 1.57 bits per heavy atom. The summed E-state index contributed by atoms with van der Waals surface area (Å²) in [5.41, 5.74) is -0.0565. The van der Waals surface area contributed by atoms with Gasteiger partial charge in [-0.15, -0.1) is 0 Å². The normalized spacial score (nSPS) is 21.4. The number of rotatable bonds is 4. The largest absolute Gasteiger partial charge is 0.289 e. The summed E-state index contributed by atoms with van der Waals surface area (Å²) in [6, 6.07) is 10.9. The van der Waals surface area contributed by atoms with Crippen LogP contribution >= 0.6 is 11.6 Å². The lowest BCUT2D eigenvalue weighted by molar-refractivity contribution is -0.123. The van der Waals surface area contributed by atoms with Crippen LogP contribution in [0.3, 0.4) is 0 Å². The van der Waals surface area contributed by atoms with Gasteiger partial charge in [-0.1, -0.05) is 23.7 Å². The fourth-order valence-electron chi connectivity index (χ4n) is 3.80. The Bertz CT molecular complexity index is 1090. The molecule has 2 aliphatic heterocycles. The molecule has 10 heteroatoms. The van der Waals surface area contributed by atoms with Crippen LogP contribution in [0.25, 0.3) is 0 Å². The van der Waals surface area contributed by atoms with Crippen LogP contribution < -0.4 is 4.90 Å². The summed E-state index contributed by atoms with van der Waals surface area (Å²) in [6.45, 7) is 0.953. The lowest BCUT2D eigenvalue weighted by atomic mass is 10.2. The first-order valence-corrected chi connectivity index (χ1v) is 11.2. The molecule has 2 saturated heterocycles. The van der Waals surface area contributed by atoms with Crippen LogP contribution in [0.4, 0.5) is 10.1 Å². The minimum absolute atomic E-state index is 0.0565. The molecule has 2 aromatic carbocycles. The van der Waals surface area contributed by atoms with Crippen LogP contribution in [0.15, 0.2) is 53.4 Å². The number of carbonyl (C=O) groups is 2. The monoisotopic (exact) mass is 451 g/mol. The van der Waals surface area contributed by atoms with Crippen molar-refractivity contribution in [3.8, 4) is 0 Å². The number of benzene rings is 2. The molecule has 7 nitrogen and oxygen atoms in total. The molecule has 0 aromatic heterocycles. The predicted molar refractivity (Wildman–Crippen MR) is 109 cm³/mol. The van der Waals surface area contributed by atoms with Gasteiger partial charge >= 0.3 is 0 Å². The van der Waals surface area contributed by atoms with Crippen LogP contribution in [0.5, 0.6) is 0 Å². The third-order valence-corrected chi connectivity index (χ3v) is 7.55. The zero-order valence-corrected chi connectivity index (χ0v) is 17.4. The zero-order valence-electron chi connectivity index (χ0n) is 15.9. The Balaban J connectivity index is 1.46. The average Bonchev–Trinajstić information content (AvgIpc) is 3.03. The molecule has 0 saturated carbocycles. The number of piperazine rings is 1. The van der Waals surface area contributed by atoms with Crippen LogP contribution in [-0.4, -0.2) is 61.7 Å². The van der Waals surface area contributed by atoms with Crippen LogP contribution in [-0.2, 0) is 19.6 Å². The summed E-state index contributed by atoms with van der Waals surface area (Å²) in [5, 5.41) is 0.447. The summed E-state index contributed by atoms with van der Waals surface area (Å²) in [5.74, 6) is -1.59. The molecule has 0 N–H and O–H groups in total. The lowest BCUT2D eigenvalue weighted by Gasteiger charge is -2.36. The second-order valence-electron chi connectivity index (χ2n) is 7.13. The number of anilines is 1. The molecule has 0 spiro atoms. The zero-order chi connectivity index (χ0) is 21.5. The van der Waals surface area contributed by atoms with E-state index in [1.54, 1.807) is 11.0 Å². The van der Waals surface area contributed by atoms with Crippen molar-refractivity contribution in [2.45, 2.75) is 17.4 Å². The van der Waals surface area contributed by atoms with Gasteiger partial charge in [0.1, 0.15) is 5.82 Å². The fourth-order valence-corrected chi connectivity index (χ4v) is 5.35. The number of para-hydroxylation sites is 1. The van der Waals surface area contributed by atoms with Crippen molar-refractivity contribution in [3.05, 3.63) is 59.4 Å². The van der Waals surface area contributed by atoms with Crippen LogP contribution in [0.2, 0.25) is 5.02 Å². The molecule has 2 aliphatic rings. The van der Waals surface area contributed by atoms with E-state index in [0.29, 0.717) is 18.1 Å². The van der Waals surface area contributed by atoms with E-state index in [4.69, 9.17) is 11.6 Å². The van der Waals surface area contributed by atoms with Crippen LogP contribution in [0, 0.1) is 5.82 Å². The molecule has 1 unspecified atom stereocenters. The quantitative estimate of drug-likeness (QED) is 0.665. The molecule has 158 valence electrons. The van der Waals surface area contributed by atoms with E-state index in [1.165, 1.54) is 46.8 Å². The molecule has 30 heavy (non-hydrogen) atoms. The highest BCUT2D eigenvalue weighted by molar-refractivity contribution is 7.89. The summed E-state index contributed by atoms with van der Waals surface area (Å²) in [7, 11) is -3.67. The molecular weight excluding hydrogens is 433 g/mol. The second kappa shape index (κ2) is 8.07. The first kappa shape index (κ1) is 20.9. The van der Waals surface area contributed by atoms with Crippen LogP contribution in [0.1, 0.15) is 6.42 Å². The molecular formula is C20H19ClFN3O4S. The Morgan fingerprint density at radius 1 is 0.933 bits per heavy atom. The summed E-state index contributed by atoms with van der Waals surface area (Å²) < 4.78 is 41.1. The predicted octanol–water partition coefficient (Wildman–Crippen LogP) is 2.12. The third kappa shape index (κ3) is 3.74. The Morgan fingerprint density at radius 3 is 2.20 bits per heavy atom. The minimum Gasteiger partial charge on any atom is -0.289 e. The molecule has 2 fully saturated rings. The number of halogens is 2. The van der Waals surface area contributed by atoms with Gasteiger partial charge in [0.25, 0.3) is 5.91 Å². The summed E-state index contributed by atoms with van der Waals surface area (Å²) in [6.07, 6.45) is -0.0584. The van der Waals surface area contributed by atoms with Gasteiger partial charge in [0, 0.05) is 31.2 Å². The Hall–Kier alpha value is -2.33. The van der Waals surface area contributed by atoms with Crippen molar-refractivity contribution >= 4 is 39.1 Å². The number of hydrogen-bond donors (Lipinski definition) is 0. The van der Waals surface area contributed by atoms with Gasteiger partial charge in [-0.05, 0) is 36.4 Å². The number of amides is 2. The van der Waals surface area contributed by atoms with Gasteiger partial charge in [0.2, 0.25) is 15.9 Å². The maximum absolute atomic E-state index is 14.1.